The summed E-state index contributed by atoms with van der Waals surface area (Å²) in [7, 11) is 0. The molecule has 2 aromatic rings. The standard InChI is InChI=1S/C17H20ClN5S.ClH/c1-2-3-4-5-9-21-17-23-16(20)14(24-17)13-12-10(15(19)22-13)7-6-8-11(12)18;/h6-8,19H,2-5,9,20H2,1H3,(H,21,23);1H. The molecule has 4 N–H and O–H groups in total. The lowest BCUT2D eigenvalue weighted by Crippen LogP contribution is -2.03. The van der Waals surface area contributed by atoms with Crippen molar-refractivity contribution in [2.45, 2.75) is 32.6 Å². The Morgan fingerprint density at radius 2 is 2.08 bits per heavy atom. The molecule has 0 radical (unpaired) electrons. The number of nitrogens with zero attached hydrogens (tertiary/aromatic N) is 2. The van der Waals surface area contributed by atoms with Gasteiger partial charge in [0.15, 0.2) is 11.0 Å². The van der Waals surface area contributed by atoms with Crippen molar-refractivity contribution in [1.82, 2.24) is 4.98 Å². The largest absolute Gasteiger partial charge is 0.382 e. The average Bonchev–Trinajstić information content (AvgIpc) is 3.09. The van der Waals surface area contributed by atoms with Gasteiger partial charge in [0, 0.05) is 17.7 Å². The molecule has 5 nitrogen and oxygen atoms in total. The van der Waals surface area contributed by atoms with E-state index in [9.17, 15) is 0 Å². The summed E-state index contributed by atoms with van der Waals surface area (Å²) in [6.45, 7) is 3.08. The molecule has 8 heteroatoms. The van der Waals surface area contributed by atoms with Crippen molar-refractivity contribution >= 4 is 57.8 Å². The summed E-state index contributed by atoms with van der Waals surface area (Å²) in [4.78, 5) is 9.52. The predicted molar refractivity (Wildman–Crippen MR) is 110 cm³/mol. The maximum Gasteiger partial charge on any atom is 0.185 e. The van der Waals surface area contributed by atoms with E-state index < -0.39 is 0 Å². The maximum atomic E-state index is 8.04. The third kappa shape index (κ3) is 4.14. The Morgan fingerprint density at radius 3 is 2.84 bits per heavy atom. The lowest BCUT2D eigenvalue weighted by Gasteiger charge is -2.03. The van der Waals surface area contributed by atoms with E-state index in [1.54, 1.807) is 6.07 Å². The lowest BCUT2D eigenvalue weighted by atomic mass is 10.0. The quantitative estimate of drug-likeness (QED) is 0.576. The highest BCUT2D eigenvalue weighted by molar-refractivity contribution is 7.18. The predicted octanol–water partition coefficient (Wildman–Crippen LogP) is 4.97. The van der Waals surface area contributed by atoms with Gasteiger partial charge in [-0.3, -0.25) is 5.41 Å². The molecule has 0 unspecified atom stereocenters. The van der Waals surface area contributed by atoms with Gasteiger partial charge in [0.2, 0.25) is 0 Å². The molecule has 1 aromatic carbocycles. The van der Waals surface area contributed by atoms with Crippen LogP contribution in [0.2, 0.25) is 5.02 Å². The molecular formula is C17H21Cl2N5S. The van der Waals surface area contributed by atoms with E-state index in [-0.39, 0.29) is 18.2 Å². The number of thiazole rings is 1. The number of fused-ring (bicyclic) bond motifs is 1. The number of halogens is 2. The van der Waals surface area contributed by atoms with Crippen LogP contribution in [0, 0.1) is 5.41 Å². The highest BCUT2D eigenvalue weighted by Crippen LogP contribution is 2.35. The molecule has 0 fully saturated rings. The third-order valence-corrected chi connectivity index (χ3v) is 5.25. The summed E-state index contributed by atoms with van der Waals surface area (Å²) in [5.74, 6) is 0.639. The van der Waals surface area contributed by atoms with Crippen LogP contribution in [0.1, 0.15) is 48.6 Å². The van der Waals surface area contributed by atoms with E-state index in [0.29, 0.717) is 16.6 Å². The molecule has 1 aliphatic rings. The van der Waals surface area contributed by atoms with Crippen molar-refractivity contribution in [3.8, 4) is 0 Å². The molecule has 2 heterocycles. The fourth-order valence-electron chi connectivity index (χ4n) is 2.68. The number of amidine groups is 1. The van der Waals surface area contributed by atoms with Gasteiger partial charge in [-0.2, -0.15) is 0 Å². The molecule has 3 rings (SSSR count). The second-order valence-electron chi connectivity index (χ2n) is 5.69. The van der Waals surface area contributed by atoms with Crippen LogP contribution in [-0.4, -0.2) is 23.1 Å². The van der Waals surface area contributed by atoms with Crippen LogP contribution in [-0.2, 0) is 0 Å². The zero-order valence-electron chi connectivity index (χ0n) is 13.9. The molecule has 0 saturated carbocycles. The Kier molecular flexibility index (Phi) is 6.81. The number of aromatic nitrogens is 1. The van der Waals surface area contributed by atoms with E-state index in [0.717, 1.165) is 34.1 Å². The van der Waals surface area contributed by atoms with Gasteiger partial charge in [-0.05, 0) is 12.5 Å². The maximum absolute atomic E-state index is 8.04. The summed E-state index contributed by atoms with van der Waals surface area (Å²) >= 11 is 7.78. The molecule has 0 aliphatic carbocycles. The Morgan fingerprint density at radius 1 is 1.28 bits per heavy atom. The summed E-state index contributed by atoms with van der Waals surface area (Å²) in [5.41, 5.74) is 8.25. The van der Waals surface area contributed by atoms with E-state index in [1.807, 2.05) is 12.1 Å². The Bertz CT molecular complexity index is 800. The van der Waals surface area contributed by atoms with Crippen molar-refractivity contribution in [3.05, 3.63) is 39.2 Å². The van der Waals surface area contributed by atoms with Gasteiger partial charge in [-0.15, -0.1) is 12.4 Å². The molecule has 1 aliphatic heterocycles. The normalized spacial score (nSPS) is 12.6. The number of hydrogen-bond acceptors (Lipinski definition) is 5. The Hall–Kier alpha value is -1.63. The van der Waals surface area contributed by atoms with E-state index in [1.165, 1.54) is 30.6 Å². The third-order valence-electron chi connectivity index (χ3n) is 3.90. The number of rotatable bonds is 7. The monoisotopic (exact) mass is 397 g/mol. The van der Waals surface area contributed by atoms with E-state index in [2.05, 4.69) is 22.2 Å². The molecule has 0 spiro atoms. The van der Waals surface area contributed by atoms with Gasteiger partial charge in [-0.25, -0.2) is 9.98 Å². The molecule has 134 valence electrons. The number of benzene rings is 1. The second kappa shape index (κ2) is 8.65. The summed E-state index contributed by atoms with van der Waals surface area (Å²) in [6.07, 6.45) is 4.80. The first-order valence-corrected chi connectivity index (χ1v) is 9.28. The number of aliphatic imine (C=N–C) groups is 1. The minimum Gasteiger partial charge on any atom is -0.382 e. The SMILES string of the molecule is CCCCCCNc1nc(N)c(C2=NC(=N)c3cccc(Cl)c32)s1.Cl. The fraction of sp³-hybridized carbons (Fsp3) is 0.353. The van der Waals surface area contributed by atoms with Gasteiger partial charge >= 0.3 is 0 Å². The lowest BCUT2D eigenvalue weighted by molar-refractivity contribution is 0.685. The first-order chi connectivity index (χ1) is 11.6. The molecule has 0 amide bonds. The van der Waals surface area contributed by atoms with Gasteiger partial charge in [0.25, 0.3) is 0 Å². The smallest absolute Gasteiger partial charge is 0.185 e. The molecular weight excluding hydrogens is 377 g/mol. The van der Waals surface area contributed by atoms with Crippen LogP contribution in [0.25, 0.3) is 0 Å². The van der Waals surface area contributed by atoms with Crippen molar-refractivity contribution in [2.24, 2.45) is 4.99 Å². The first-order valence-electron chi connectivity index (χ1n) is 8.09. The number of unbranched alkanes of at least 4 members (excludes halogenated alkanes) is 3. The highest BCUT2D eigenvalue weighted by atomic mass is 35.5. The molecule has 0 bridgehead atoms. The summed E-state index contributed by atoms with van der Waals surface area (Å²) in [5, 5.41) is 12.7. The highest BCUT2D eigenvalue weighted by Gasteiger charge is 2.27. The summed E-state index contributed by atoms with van der Waals surface area (Å²) < 4.78 is 0. The number of hydrogen-bond donors (Lipinski definition) is 3. The van der Waals surface area contributed by atoms with Gasteiger partial charge in [-0.1, -0.05) is 61.3 Å². The number of nitrogens with two attached hydrogens (primary N) is 1. The van der Waals surface area contributed by atoms with Crippen LogP contribution in [0.3, 0.4) is 0 Å². The van der Waals surface area contributed by atoms with Crippen LogP contribution in [0.15, 0.2) is 23.2 Å². The van der Waals surface area contributed by atoms with Gasteiger partial charge in [0.1, 0.15) is 5.82 Å². The minimum atomic E-state index is 0. The molecule has 0 saturated heterocycles. The van der Waals surface area contributed by atoms with Crippen molar-refractivity contribution in [1.29, 1.82) is 5.41 Å². The van der Waals surface area contributed by atoms with Crippen LogP contribution >= 0.6 is 35.3 Å². The fourth-order valence-corrected chi connectivity index (χ4v) is 3.85. The summed E-state index contributed by atoms with van der Waals surface area (Å²) in [6, 6.07) is 5.48. The van der Waals surface area contributed by atoms with Crippen molar-refractivity contribution < 1.29 is 0 Å². The van der Waals surface area contributed by atoms with Gasteiger partial charge < -0.3 is 11.1 Å². The topological polar surface area (TPSA) is 87.2 Å². The van der Waals surface area contributed by atoms with Crippen molar-refractivity contribution in [2.75, 3.05) is 17.6 Å². The van der Waals surface area contributed by atoms with Crippen LogP contribution in [0.4, 0.5) is 10.9 Å². The van der Waals surface area contributed by atoms with Crippen molar-refractivity contribution in [3.63, 3.8) is 0 Å². The van der Waals surface area contributed by atoms with Crippen LogP contribution < -0.4 is 11.1 Å². The molecule has 25 heavy (non-hydrogen) atoms. The molecule has 1 aromatic heterocycles. The average molecular weight is 398 g/mol. The zero-order valence-corrected chi connectivity index (χ0v) is 16.3. The number of anilines is 2. The zero-order chi connectivity index (χ0) is 17.1. The number of nitrogens with one attached hydrogen (secondary N) is 2. The van der Waals surface area contributed by atoms with Gasteiger partial charge in [0.05, 0.1) is 15.6 Å². The molecule has 0 atom stereocenters. The van der Waals surface area contributed by atoms with E-state index in [4.69, 9.17) is 22.7 Å². The Labute approximate surface area is 162 Å². The van der Waals surface area contributed by atoms with Crippen LogP contribution in [0.5, 0.6) is 0 Å². The minimum absolute atomic E-state index is 0. The first kappa shape index (κ1) is 19.7. The Balaban J connectivity index is 0.00000225. The van der Waals surface area contributed by atoms with E-state index >= 15 is 0 Å². The number of nitrogen functional groups attached to an aromatic ring is 1. The second-order valence-corrected chi connectivity index (χ2v) is 7.10.